The Morgan fingerprint density at radius 2 is 2.09 bits per heavy atom. The van der Waals surface area contributed by atoms with E-state index in [1.54, 1.807) is 18.2 Å². The maximum atomic E-state index is 12.3. The molecule has 124 valence electrons. The average molecular weight is 329 g/mol. The molecule has 23 heavy (non-hydrogen) atoms. The van der Waals surface area contributed by atoms with Crippen molar-refractivity contribution in [2.45, 2.75) is 25.1 Å². The van der Waals surface area contributed by atoms with Crippen molar-refractivity contribution in [2.24, 2.45) is 0 Å². The minimum absolute atomic E-state index is 0.222. The lowest BCUT2D eigenvalue weighted by molar-refractivity contribution is -0.134. The summed E-state index contributed by atoms with van der Waals surface area (Å²) in [4.78, 5) is 13.1. The molecule has 2 heterocycles. The number of hydrogen-bond acceptors (Lipinski definition) is 4. The highest BCUT2D eigenvalue weighted by atomic mass is 19.4. The minimum atomic E-state index is -4.23. The van der Waals surface area contributed by atoms with Gasteiger partial charge in [0.25, 0.3) is 0 Å². The van der Waals surface area contributed by atoms with Crippen LogP contribution >= 0.6 is 0 Å². The number of fused-ring (bicyclic) bond motifs is 1. The van der Waals surface area contributed by atoms with E-state index < -0.39 is 24.8 Å². The van der Waals surface area contributed by atoms with Crippen LogP contribution in [0.15, 0.2) is 28.7 Å². The second-order valence-electron chi connectivity index (χ2n) is 5.35. The van der Waals surface area contributed by atoms with Crippen LogP contribution in [0.5, 0.6) is 0 Å². The molecule has 1 aromatic carbocycles. The van der Waals surface area contributed by atoms with E-state index in [4.69, 9.17) is 14.3 Å². The number of carbonyl (C=O) groups excluding carboxylic acids is 1. The normalized spacial score (nSPS) is 18.7. The smallest absolute Gasteiger partial charge is 0.414 e. The largest absolute Gasteiger partial charge is 0.461 e. The van der Waals surface area contributed by atoms with Crippen LogP contribution in [0.4, 0.5) is 23.7 Å². The summed E-state index contributed by atoms with van der Waals surface area (Å²) in [6, 6.07) is 6.41. The molecule has 1 unspecified atom stereocenters. The number of aliphatic hydroxyl groups is 1. The zero-order valence-electron chi connectivity index (χ0n) is 12.0. The third-order valence-corrected chi connectivity index (χ3v) is 3.60. The number of aliphatic hydroxyl groups excluding tert-OH is 1. The molecule has 1 aliphatic rings. The Balaban J connectivity index is 1.81. The van der Waals surface area contributed by atoms with E-state index in [9.17, 15) is 18.0 Å². The molecule has 0 aliphatic carbocycles. The molecule has 1 aromatic heterocycles. The zero-order valence-corrected chi connectivity index (χ0v) is 12.0. The number of furan rings is 1. The van der Waals surface area contributed by atoms with Crippen molar-refractivity contribution in [1.82, 2.24) is 0 Å². The fraction of sp³-hybridized carbons (Fsp3) is 0.400. The van der Waals surface area contributed by atoms with Crippen LogP contribution in [-0.2, 0) is 11.2 Å². The summed E-state index contributed by atoms with van der Waals surface area (Å²) in [5, 5.41) is 9.65. The topological polar surface area (TPSA) is 62.9 Å². The molecular formula is C15H14F3NO4. The van der Waals surface area contributed by atoms with Crippen molar-refractivity contribution in [3.63, 3.8) is 0 Å². The van der Waals surface area contributed by atoms with Crippen LogP contribution in [0.25, 0.3) is 11.0 Å². The van der Waals surface area contributed by atoms with Gasteiger partial charge in [0.1, 0.15) is 17.4 Å². The van der Waals surface area contributed by atoms with Crippen molar-refractivity contribution in [1.29, 1.82) is 0 Å². The molecule has 0 saturated carbocycles. The predicted octanol–water partition coefficient (Wildman–Crippen LogP) is 3.25. The predicted molar refractivity (Wildman–Crippen MR) is 75.3 cm³/mol. The Kier molecular flexibility index (Phi) is 3.93. The number of carbonyl (C=O) groups is 1. The quantitative estimate of drug-likeness (QED) is 0.935. The Bertz CT molecular complexity index is 725. The van der Waals surface area contributed by atoms with E-state index >= 15 is 0 Å². The minimum Gasteiger partial charge on any atom is -0.461 e. The van der Waals surface area contributed by atoms with Crippen LogP contribution < -0.4 is 4.90 Å². The third kappa shape index (κ3) is 3.42. The summed E-state index contributed by atoms with van der Waals surface area (Å²) < 4.78 is 47.1. The number of alkyl halides is 3. The second-order valence-corrected chi connectivity index (χ2v) is 5.35. The van der Waals surface area contributed by atoms with Gasteiger partial charge >= 0.3 is 12.3 Å². The number of rotatable bonds is 4. The van der Waals surface area contributed by atoms with Crippen molar-refractivity contribution < 1.29 is 32.2 Å². The van der Waals surface area contributed by atoms with E-state index in [1.807, 2.05) is 0 Å². The number of halogens is 3. The first kappa shape index (κ1) is 15.7. The van der Waals surface area contributed by atoms with E-state index in [2.05, 4.69) is 0 Å². The number of nitrogens with zero attached hydrogens (tertiary/aromatic N) is 1. The first-order valence-corrected chi connectivity index (χ1v) is 7.04. The van der Waals surface area contributed by atoms with E-state index in [0.717, 1.165) is 0 Å². The molecule has 0 spiro atoms. The lowest BCUT2D eigenvalue weighted by Gasteiger charge is -2.12. The number of cyclic esters (lactones) is 1. The van der Waals surface area contributed by atoms with Gasteiger partial charge in [-0.15, -0.1) is 0 Å². The highest BCUT2D eigenvalue weighted by Gasteiger charge is 2.32. The Labute approximate surface area is 129 Å². The second kappa shape index (κ2) is 5.77. The number of aryl methyl sites for hydroxylation is 1. The van der Waals surface area contributed by atoms with Crippen LogP contribution in [0.2, 0.25) is 0 Å². The summed E-state index contributed by atoms with van der Waals surface area (Å²) in [6.07, 6.45) is -6.56. The van der Waals surface area contributed by atoms with Crippen LogP contribution in [0.3, 0.4) is 0 Å². The van der Waals surface area contributed by atoms with Gasteiger partial charge in [-0.25, -0.2) is 4.79 Å². The summed E-state index contributed by atoms with van der Waals surface area (Å²) in [5.41, 5.74) is 0.999. The molecule has 1 N–H and O–H groups in total. The first-order chi connectivity index (χ1) is 10.9. The average Bonchev–Trinajstić information content (AvgIpc) is 3.06. The molecule has 0 radical (unpaired) electrons. The molecule has 1 fully saturated rings. The molecule has 5 nitrogen and oxygen atoms in total. The lowest BCUT2D eigenvalue weighted by atomic mass is 10.2. The molecule has 1 aliphatic heterocycles. The number of amides is 1. The highest BCUT2D eigenvalue weighted by Crippen LogP contribution is 2.29. The van der Waals surface area contributed by atoms with Gasteiger partial charge in [-0.1, -0.05) is 0 Å². The Hall–Kier alpha value is -2.22. The van der Waals surface area contributed by atoms with Crippen molar-refractivity contribution in [3.8, 4) is 0 Å². The van der Waals surface area contributed by atoms with Gasteiger partial charge in [0.15, 0.2) is 0 Å². The van der Waals surface area contributed by atoms with Crippen molar-refractivity contribution in [3.05, 3.63) is 30.0 Å². The highest BCUT2D eigenvalue weighted by molar-refractivity contribution is 5.93. The van der Waals surface area contributed by atoms with E-state index in [1.165, 1.54) is 11.0 Å². The maximum absolute atomic E-state index is 12.3. The molecule has 0 bridgehead atoms. The molecule has 1 atom stereocenters. The lowest BCUT2D eigenvalue weighted by Crippen LogP contribution is -2.25. The number of benzene rings is 1. The molecular weight excluding hydrogens is 315 g/mol. The zero-order chi connectivity index (χ0) is 16.6. The van der Waals surface area contributed by atoms with Crippen molar-refractivity contribution >= 4 is 22.7 Å². The maximum Gasteiger partial charge on any atom is 0.414 e. The standard InChI is InChI=1S/C15H14F3NO4/c16-15(17,18)4-3-11-6-9-5-10(1-2-13(9)22-11)19-7-12(8-20)23-14(19)21/h1-2,5-6,12,20H,3-4,7-8H2. The van der Waals surface area contributed by atoms with Gasteiger partial charge in [0.05, 0.1) is 19.6 Å². The summed E-state index contributed by atoms with van der Waals surface area (Å²) in [5.74, 6) is 0.242. The fourth-order valence-electron chi connectivity index (χ4n) is 2.47. The van der Waals surface area contributed by atoms with Crippen LogP contribution in [-0.4, -0.2) is 36.6 Å². The number of anilines is 1. The Morgan fingerprint density at radius 3 is 2.74 bits per heavy atom. The van der Waals surface area contributed by atoms with Gasteiger partial charge < -0.3 is 14.3 Å². The third-order valence-electron chi connectivity index (χ3n) is 3.60. The molecule has 1 amide bonds. The number of hydrogen-bond donors (Lipinski definition) is 1. The number of ether oxygens (including phenoxy) is 1. The van der Waals surface area contributed by atoms with Crippen molar-refractivity contribution in [2.75, 3.05) is 18.1 Å². The fourth-order valence-corrected chi connectivity index (χ4v) is 2.47. The monoisotopic (exact) mass is 329 g/mol. The Morgan fingerprint density at radius 1 is 1.30 bits per heavy atom. The van der Waals surface area contributed by atoms with Gasteiger partial charge in [0.2, 0.25) is 0 Å². The molecule has 1 saturated heterocycles. The van der Waals surface area contributed by atoms with Gasteiger partial charge in [-0.05, 0) is 24.3 Å². The SMILES string of the molecule is O=C1OC(CO)CN1c1ccc2oc(CCC(F)(F)F)cc2c1. The van der Waals surface area contributed by atoms with E-state index in [-0.39, 0.29) is 25.3 Å². The summed E-state index contributed by atoms with van der Waals surface area (Å²) in [6.45, 7) is -0.0442. The van der Waals surface area contributed by atoms with E-state index in [0.29, 0.717) is 16.7 Å². The first-order valence-electron chi connectivity index (χ1n) is 7.04. The van der Waals surface area contributed by atoms with Gasteiger partial charge in [-0.3, -0.25) is 4.90 Å². The van der Waals surface area contributed by atoms with Crippen LogP contribution in [0.1, 0.15) is 12.2 Å². The van der Waals surface area contributed by atoms with Gasteiger partial charge in [0, 0.05) is 17.5 Å². The summed E-state index contributed by atoms with van der Waals surface area (Å²) >= 11 is 0. The van der Waals surface area contributed by atoms with Gasteiger partial charge in [-0.2, -0.15) is 13.2 Å². The molecule has 3 rings (SSSR count). The molecule has 8 heteroatoms. The molecule has 2 aromatic rings. The van der Waals surface area contributed by atoms with Crippen LogP contribution in [0, 0.1) is 0 Å². The summed E-state index contributed by atoms with van der Waals surface area (Å²) in [7, 11) is 0.